The highest BCUT2D eigenvalue weighted by atomic mass is 16.5. The van der Waals surface area contributed by atoms with Crippen LogP contribution in [0.1, 0.15) is 35.7 Å². The predicted molar refractivity (Wildman–Crippen MR) is 77.6 cm³/mol. The van der Waals surface area contributed by atoms with Crippen LogP contribution in [0.5, 0.6) is 0 Å². The zero-order valence-electron chi connectivity index (χ0n) is 12.2. The molecule has 1 heterocycles. The van der Waals surface area contributed by atoms with Crippen LogP contribution in [0.2, 0.25) is 0 Å². The third-order valence-electron chi connectivity index (χ3n) is 3.98. The standard InChI is InChI=1S/C16H23NO3/c1-12(14-7-9-20-10-8-14)17-11-13-3-5-15(6-4-13)16(18)19-2/h3-6,12,14,17H,7-11H2,1-2H3. The number of benzene rings is 1. The highest BCUT2D eigenvalue weighted by Crippen LogP contribution is 2.18. The Bertz CT molecular complexity index is 424. The van der Waals surface area contributed by atoms with Crippen LogP contribution in [0.25, 0.3) is 0 Å². The van der Waals surface area contributed by atoms with Gasteiger partial charge in [0.2, 0.25) is 0 Å². The molecule has 1 atom stereocenters. The lowest BCUT2D eigenvalue weighted by molar-refractivity contribution is 0.0558. The number of ether oxygens (including phenoxy) is 2. The molecule has 1 saturated heterocycles. The molecule has 20 heavy (non-hydrogen) atoms. The molecule has 1 unspecified atom stereocenters. The number of hydrogen-bond acceptors (Lipinski definition) is 4. The second kappa shape index (κ2) is 7.41. The van der Waals surface area contributed by atoms with Gasteiger partial charge in [-0.1, -0.05) is 12.1 Å². The summed E-state index contributed by atoms with van der Waals surface area (Å²) >= 11 is 0. The summed E-state index contributed by atoms with van der Waals surface area (Å²) in [6, 6.07) is 8.04. The molecule has 0 spiro atoms. The van der Waals surface area contributed by atoms with Gasteiger partial charge in [0.1, 0.15) is 0 Å². The Morgan fingerprint density at radius 3 is 2.60 bits per heavy atom. The molecule has 0 aliphatic carbocycles. The average Bonchev–Trinajstić information content (AvgIpc) is 2.53. The van der Waals surface area contributed by atoms with E-state index in [0.29, 0.717) is 17.5 Å². The van der Waals surface area contributed by atoms with Crippen molar-refractivity contribution in [1.29, 1.82) is 0 Å². The van der Waals surface area contributed by atoms with E-state index >= 15 is 0 Å². The number of carbonyl (C=O) groups excluding carboxylic acids is 1. The molecule has 4 heteroatoms. The van der Waals surface area contributed by atoms with Gasteiger partial charge in [0.25, 0.3) is 0 Å². The molecule has 0 aromatic heterocycles. The summed E-state index contributed by atoms with van der Waals surface area (Å²) in [4.78, 5) is 11.3. The van der Waals surface area contributed by atoms with E-state index in [0.717, 1.165) is 32.6 Å². The van der Waals surface area contributed by atoms with Gasteiger partial charge in [-0.2, -0.15) is 0 Å². The lowest BCUT2D eigenvalue weighted by Crippen LogP contribution is -2.36. The fourth-order valence-corrected chi connectivity index (χ4v) is 2.54. The van der Waals surface area contributed by atoms with Crippen molar-refractivity contribution < 1.29 is 14.3 Å². The van der Waals surface area contributed by atoms with Crippen LogP contribution >= 0.6 is 0 Å². The maximum atomic E-state index is 11.3. The van der Waals surface area contributed by atoms with E-state index in [1.807, 2.05) is 24.3 Å². The summed E-state index contributed by atoms with van der Waals surface area (Å²) in [5.74, 6) is 0.401. The third kappa shape index (κ3) is 4.05. The first kappa shape index (κ1) is 15.0. The van der Waals surface area contributed by atoms with Gasteiger partial charge < -0.3 is 14.8 Å². The summed E-state index contributed by atoms with van der Waals surface area (Å²) in [5.41, 5.74) is 1.77. The number of nitrogens with one attached hydrogen (secondary N) is 1. The molecule has 0 saturated carbocycles. The van der Waals surface area contributed by atoms with E-state index in [4.69, 9.17) is 4.74 Å². The predicted octanol–water partition coefficient (Wildman–Crippen LogP) is 2.38. The van der Waals surface area contributed by atoms with Gasteiger partial charge in [-0.05, 0) is 43.4 Å². The largest absolute Gasteiger partial charge is 0.465 e. The van der Waals surface area contributed by atoms with Gasteiger partial charge in [0.05, 0.1) is 12.7 Å². The van der Waals surface area contributed by atoms with Gasteiger partial charge in [-0.25, -0.2) is 4.79 Å². The summed E-state index contributed by atoms with van der Waals surface area (Å²) < 4.78 is 10.1. The zero-order chi connectivity index (χ0) is 14.4. The molecule has 1 aliphatic heterocycles. The van der Waals surface area contributed by atoms with E-state index in [-0.39, 0.29) is 5.97 Å². The van der Waals surface area contributed by atoms with Crippen molar-refractivity contribution in [2.75, 3.05) is 20.3 Å². The first-order valence-corrected chi connectivity index (χ1v) is 7.19. The molecule has 1 aliphatic rings. The SMILES string of the molecule is COC(=O)c1ccc(CNC(C)C2CCOCC2)cc1. The lowest BCUT2D eigenvalue weighted by Gasteiger charge is -2.28. The van der Waals surface area contributed by atoms with Crippen molar-refractivity contribution in [3.8, 4) is 0 Å². The van der Waals surface area contributed by atoms with Gasteiger partial charge in [0.15, 0.2) is 0 Å². The third-order valence-corrected chi connectivity index (χ3v) is 3.98. The van der Waals surface area contributed by atoms with Crippen LogP contribution in [-0.2, 0) is 16.0 Å². The Hall–Kier alpha value is -1.39. The number of methoxy groups -OCH3 is 1. The normalized spacial score (nSPS) is 17.7. The van der Waals surface area contributed by atoms with E-state index < -0.39 is 0 Å². The Labute approximate surface area is 120 Å². The molecule has 1 N–H and O–H groups in total. The average molecular weight is 277 g/mol. The van der Waals surface area contributed by atoms with Gasteiger partial charge >= 0.3 is 5.97 Å². The van der Waals surface area contributed by atoms with Crippen molar-refractivity contribution in [2.24, 2.45) is 5.92 Å². The van der Waals surface area contributed by atoms with Crippen molar-refractivity contribution in [1.82, 2.24) is 5.32 Å². The summed E-state index contributed by atoms with van der Waals surface area (Å²) in [6.07, 6.45) is 2.27. The summed E-state index contributed by atoms with van der Waals surface area (Å²) in [5, 5.41) is 3.56. The fourth-order valence-electron chi connectivity index (χ4n) is 2.54. The van der Waals surface area contributed by atoms with Gasteiger partial charge in [-0.15, -0.1) is 0 Å². The van der Waals surface area contributed by atoms with Crippen LogP contribution in [0.15, 0.2) is 24.3 Å². The number of carbonyl (C=O) groups is 1. The van der Waals surface area contributed by atoms with Crippen LogP contribution < -0.4 is 5.32 Å². The minimum Gasteiger partial charge on any atom is -0.465 e. The molecule has 2 rings (SSSR count). The van der Waals surface area contributed by atoms with E-state index in [1.165, 1.54) is 12.7 Å². The smallest absolute Gasteiger partial charge is 0.337 e. The molecule has 0 amide bonds. The Morgan fingerprint density at radius 1 is 1.35 bits per heavy atom. The quantitative estimate of drug-likeness (QED) is 0.839. The topological polar surface area (TPSA) is 47.6 Å². The molecular formula is C16H23NO3. The first-order chi connectivity index (χ1) is 9.70. The number of rotatable bonds is 5. The second-order valence-corrected chi connectivity index (χ2v) is 5.31. The molecular weight excluding hydrogens is 254 g/mol. The maximum Gasteiger partial charge on any atom is 0.337 e. The fraction of sp³-hybridized carbons (Fsp3) is 0.562. The van der Waals surface area contributed by atoms with Crippen molar-refractivity contribution in [3.63, 3.8) is 0 Å². The maximum absolute atomic E-state index is 11.3. The van der Waals surface area contributed by atoms with Crippen LogP contribution in [0, 0.1) is 5.92 Å². The van der Waals surface area contributed by atoms with Gasteiger partial charge in [-0.3, -0.25) is 0 Å². The molecule has 1 fully saturated rings. The van der Waals surface area contributed by atoms with Gasteiger partial charge in [0, 0.05) is 25.8 Å². The molecule has 4 nitrogen and oxygen atoms in total. The highest BCUT2D eigenvalue weighted by molar-refractivity contribution is 5.89. The van der Waals surface area contributed by atoms with Crippen LogP contribution in [-0.4, -0.2) is 32.3 Å². The number of esters is 1. The van der Waals surface area contributed by atoms with E-state index in [9.17, 15) is 4.79 Å². The zero-order valence-corrected chi connectivity index (χ0v) is 12.2. The van der Waals surface area contributed by atoms with E-state index in [2.05, 4.69) is 17.0 Å². The highest BCUT2D eigenvalue weighted by Gasteiger charge is 2.19. The molecule has 110 valence electrons. The first-order valence-electron chi connectivity index (χ1n) is 7.19. The molecule has 0 bridgehead atoms. The molecule has 1 aromatic carbocycles. The van der Waals surface area contributed by atoms with Crippen molar-refractivity contribution >= 4 is 5.97 Å². The summed E-state index contributed by atoms with van der Waals surface area (Å²) in [6.45, 7) is 4.81. The Balaban J connectivity index is 1.82. The molecule has 0 radical (unpaired) electrons. The van der Waals surface area contributed by atoms with Crippen molar-refractivity contribution in [2.45, 2.75) is 32.4 Å². The minimum atomic E-state index is -0.292. The molecule has 1 aromatic rings. The minimum absolute atomic E-state index is 0.292. The second-order valence-electron chi connectivity index (χ2n) is 5.31. The van der Waals surface area contributed by atoms with Crippen LogP contribution in [0.3, 0.4) is 0 Å². The van der Waals surface area contributed by atoms with Crippen LogP contribution in [0.4, 0.5) is 0 Å². The summed E-state index contributed by atoms with van der Waals surface area (Å²) in [7, 11) is 1.40. The van der Waals surface area contributed by atoms with E-state index in [1.54, 1.807) is 0 Å². The number of hydrogen-bond donors (Lipinski definition) is 1. The lowest BCUT2D eigenvalue weighted by atomic mass is 9.93. The Morgan fingerprint density at radius 2 is 2.00 bits per heavy atom. The van der Waals surface area contributed by atoms with Crippen molar-refractivity contribution in [3.05, 3.63) is 35.4 Å². The Kier molecular flexibility index (Phi) is 5.56. The monoisotopic (exact) mass is 277 g/mol.